The van der Waals surface area contributed by atoms with Crippen LogP contribution >= 0.6 is 0 Å². The van der Waals surface area contributed by atoms with Crippen molar-refractivity contribution in [2.75, 3.05) is 0 Å². The van der Waals surface area contributed by atoms with Crippen LogP contribution in [0.25, 0.3) is 0 Å². The van der Waals surface area contributed by atoms with E-state index >= 15 is 0 Å². The largest absolute Gasteiger partial charge is 0.508 e. The second kappa shape index (κ2) is 5.65. The van der Waals surface area contributed by atoms with E-state index in [9.17, 15) is 10.2 Å². The Morgan fingerprint density at radius 3 is 2.42 bits per heavy atom. The highest BCUT2D eigenvalue weighted by Gasteiger charge is 2.10. The number of ether oxygens (including phenoxy) is 1. The van der Waals surface area contributed by atoms with Gasteiger partial charge in [0.25, 0.3) is 0 Å². The van der Waals surface area contributed by atoms with E-state index in [-0.39, 0.29) is 17.2 Å². The Hall–Kier alpha value is -2.16. The minimum Gasteiger partial charge on any atom is -0.508 e. The molecule has 0 aliphatic carbocycles. The lowest BCUT2D eigenvalue weighted by molar-refractivity contribution is 0.401. The number of hydrogen-bond acceptors (Lipinski definition) is 3. The zero-order valence-corrected chi connectivity index (χ0v) is 11.2. The quantitative estimate of drug-likeness (QED) is 0.814. The lowest BCUT2D eigenvalue weighted by atomic mass is 10.0. The van der Waals surface area contributed by atoms with Gasteiger partial charge in [-0.15, -0.1) is 0 Å². The van der Waals surface area contributed by atoms with E-state index in [1.807, 2.05) is 12.1 Å². The molecule has 0 saturated heterocycles. The molecule has 0 radical (unpaired) electrons. The van der Waals surface area contributed by atoms with Gasteiger partial charge < -0.3 is 14.9 Å². The van der Waals surface area contributed by atoms with Crippen molar-refractivity contribution in [3.8, 4) is 23.0 Å². The number of hydrogen-bond donors (Lipinski definition) is 2. The Morgan fingerprint density at radius 2 is 1.74 bits per heavy atom. The predicted octanol–water partition coefficient (Wildman–Crippen LogP) is 4.01. The standard InChI is InChI=1S/C16H18O3/c1-3-11-6-5-7-15(13(11)4-2)19-16-10-12(17)8-9-14(16)18/h5-10,17-18H,3-4H2,1-2H3. The first kappa shape index (κ1) is 13.3. The minimum atomic E-state index is 0.0155. The summed E-state index contributed by atoms with van der Waals surface area (Å²) in [6, 6.07) is 10.1. The SMILES string of the molecule is CCc1cccc(Oc2cc(O)ccc2O)c1CC. The summed E-state index contributed by atoms with van der Waals surface area (Å²) in [5, 5.41) is 19.2. The first-order valence-corrected chi connectivity index (χ1v) is 6.46. The zero-order valence-electron chi connectivity index (χ0n) is 11.2. The number of rotatable bonds is 4. The average molecular weight is 258 g/mol. The van der Waals surface area contributed by atoms with Crippen LogP contribution in [-0.4, -0.2) is 10.2 Å². The molecule has 0 bridgehead atoms. The normalized spacial score (nSPS) is 10.4. The summed E-state index contributed by atoms with van der Waals surface area (Å²) in [7, 11) is 0. The average Bonchev–Trinajstić information content (AvgIpc) is 2.42. The monoisotopic (exact) mass is 258 g/mol. The van der Waals surface area contributed by atoms with Gasteiger partial charge in [0.1, 0.15) is 11.5 Å². The van der Waals surface area contributed by atoms with Crippen molar-refractivity contribution >= 4 is 0 Å². The van der Waals surface area contributed by atoms with Crippen molar-refractivity contribution in [3.63, 3.8) is 0 Å². The predicted molar refractivity (Wildman–Crippen MR) is 75.0 cm³/mol. The van der Waals surface area contributed by atoms with E-state index in [0.717, 1.165) is 24.2 Å². The van der Waals surface area contributed by atoms with Crippen molar-refractivity contribution in [1.82, 2.24) is 0 Å². The number of aryl methyl sites for hydroxylation is 1. The first-order chi connectivity index (χ1) is 9.15. The third-order valence-electron chi connectivity index (χ3n) is 3.13. The fraction of sp³-hybridized carbons (Fsp3) is 0.250. The second-order valence-electron chi connectivity index (χ2n) is 4.36. The van der Waals surface area contributed by atoms with Gasteiger partial charge in [0.15, 0.2) is 11.5 Å². The van der Waals surface area contributed by atoms with E-state index < -0.39 is 0 Å². The van der Waals surface area contributed by atoms with Crippen molar-refractivity contribution < 1.29 is 14.9 Å². The molecule has 0 fully saturated rings. The maximum absolute atomic E-state index is 9.75. The maximum Gasteiger partial charge on any atom is 0.172 e. The van der Waals surface area contributed by atoms with E-state index in [1.165, 1.54) is 23.8 Å². The molecular weight excluding hydrogens is 240 g/mol. The fourth-order valence-corrected chi connectivity index (χ4v) is 2.14. The molecule has 0 amide bonds. The topological polar surface area (TPSA) is 49.7 Å². The van der Waals surface area contributed by atoms with Crippen LogP contribution in [0, 0.1) is 0 Å². The molecule has 2 aromatic carbocycles. The van der Waals surface area contributed by atoms with Crippen LogP contribution in [0.4, 0.5) is 0 Å². The number of phenols is 2. The Bertz CT molecular complexity index is 576. The summed E-state index contributed by atoms with van der Waals surface area (Å²) in [4.78, 5) is 0. The van der Waals surface area contributed by atoms with Crippen LogP contribution in [0.15, 0.2) is 36.4 Å². The molecule has 0 spiro atoms. The van der Waals surface area contributed by atoms with Crippen LogP contribution in [0.3, 0.4) is 0 Å². The summed E-state index contributed by atoms with van der Waals surface area (Å²) in [6.45, 7) is 4.17. The summed E-state index contributed by atoms with van der Waals surface area (Å²) in [5.74, 6) is 1.07. The molecule has 3 heteroatoms. The molecule has 2 aromatic rings. The molecule has 2 N–H and O–H groups in total. The zero-order chi connectivity index (χ0) is 13.8. The summed E-state index contributed by atoms with van der Waals surface area (Å²) < 4.78 is 5.74. The molecule has 0 heterocycles. The molecule has 0 unspecified atom stereocenters. The number of aromatic hydroxyl groups is 2. The summed E-state index contributed by atoms with van der Waals surface area (Å²) in [5.41, 5.74) is 2.37. The molecule has 0 aliphatic rings. The molecular formula is C16H18O3. The Balaban J connectivity index is 2.40. The molecule has 0 saturated carbocycles. The third kappa shape index (κ3) is 2.81. The fourth-order valence-electron chi connectivity index (χ4n) is 2.14. The highest BCUT2D eigenvalue weighted by Crippen LogP contribution is 2.35. The van der Waals surface area contributed by atoms with Gasteiger partial charge in [0.2, 0.25) is 0 Å². The molecule has 3 nitrogen and oxygen atoms in total. The van der Waals surface area contributed by atoms with Gasteiger partial charge in [-0.2, -0.15) is 0 Å². The van der Waals surface area contributed by atoms with E-state index in [4.69, 9.17) is 4.74 Å². The summed E-state index contributed by atoms with van der Waals surface area (Å²) in [6.07, 6.45) is 1.80. The smallest absolute Gasteiger partial charge is 0.172 e. The Kier molecular flexibility index (Phi) is 3.95. The van der Waals surface area contributed by atoms with Crippen molar-refractivity contribution in [3.05, 3.63) is 47.5 Å². The van der Waals surface area contributed by atoms with Crippen molar-refractivity contribution in [1.29, 1.82) is 0 Å². The van der Waals surface area contributed by atoms with E-state index in [2.05, 4.69) is 19.9 Å². The van der Waals surface area contributed by atoms with E-state index in [1.54, 1.807) is 0 Å². The Morgan fingerprint density at radius 1 is 0.947 bits per heavy atom. The highest BCUT2D eigenvalue weighted by molar-refractivity contribution is 5.49. The third-order valence-corrected chi connectivity index (χ3v) is 3.13. The molecule has 2 rings (SSSR count). The van der Waals surface area contributed by atoms with Gasteiger partial charge in [-0.25, -0.2) is 0 Å². The second-order valence-corrected chi connectivity index (χ2v) is 4.36. The van der Waals surface area contributed by atoms with Gasteiger partial charge in [-0.1, -0.05) is 26.0 Å². The lowest BCUT2D eigenvalue weighted by Gasteiger charge is -2.14. The van der Waals surface area contributed by atoms with Crippen molar-refractivity contribution in [2.45, 2.75) is 26.7 Å². The van der Waals surface area contributed by atoms with Crippen LogP contribution in [-0.2, 0) is 12.8 Å². The van der Waals surface area contributed by atoms with Crippen LogP contribution < -0.4 is 4.74 Å². The van der Waals surface area contributed by atoms with E-state index in [0.29, 0.717) is 0 Å². The van der Waals surface area contributed by atoms with Gasteiger partial charge in [-0.05, 0) is 42.2 Å². The maximum atomic E-state index is 9.75. The van der Waals surface area contributed by atoms with Crippen LogP contribution in [0.2, 0.25) is 0 Å². The molecule has 0 atom stereocenters. The van der Waals surface area contributed by atoms with Gasteiger partial charge in [0.05, 0.1) is 0 Å². The molecule has 0 aromatic heterocycles. The van der Waals surface area contributed by atoms with Crippen LogP contribution in [0.5, 0.6) is 23.0 Å². The minimum absolute atomic E-state index is 0.0155. The Labute approximate surface area is 113 Å². The van der Waals surface area contributed by atoms with Crippen molar-refractivity contribution in [2.24, 2.45) is 0 Å². The first-order valence-electron chi connectivity index (χ1n) is 6.46. The molecule has 19 heavy (non-hydrogen) atoms. The lowest BCUT2D eigenvalue weighted by Crippen LogP contribution is -1.96. The van der Waals surface area contributed by atoms with Crippen LogP contribution in [0.1, 0.15) is 25.0 Å². The number of benzene rings is 2. The summed E-state index contributed by atoms with van der Waals surface area (Å²) >= 11 is 0. The molecule has 100 valence electrons. The van der Waals surface area contributed by atoms with Gasteiger partial charge in [-0.3, -0.25) is 0 Å². The van der Waals surface area contributed by atoms with Gasteiger partial charge >= 0.3 is 0 Å². The van der Waals surface area contributed by atoms with Gasteiger partial charge in [0, 0.05) is 6.07 Å². The molecule has 0 aliphatic heterocycles. The highest BCUT2D eigenvalue weighted by atomic mass is 16.5. The number of phenolic OH excluding ortho intramolecular Hbond substituents is 2.